The van der Waals surface area contributed by atoms with Gasteiger partial charge in [0.15, 0.2) is 6.10 Å². The first-order chi connectivity index (χ1) is 17.5. The van der Waals surface area contributed by atoms with Crippen LogP contribution in [0.25, 0.3) is 0 Å². The highest BCUT2D eigenvalue weighted by Gasteiger charge is 2.38. The molecule has 0 spiro atoms. The summed E-state index contributed by atoms with van der Waals surface area (Å²) in [6, 6.07) is 16.5. The highest BCUT2D eigenvalue weighted by Crippen LogP contribution is 2.39. The molecule has 0 bridgehead atoms. The summed E-state index contributed by atoms with van der Waals surface area (Å²) in [5.41, 5.74) is 3.27. The molecule has 1 aliphatic rings. The van der Waals surface area contributed by atoms with Crippen molar-refractivity contribution in [2.24, 2.45) is 0 Å². The number of aryl methyl sites for hydroxylation is 1. The molecule has 0 aromatic heterocycles. The minimum absolute atomic E-state index is 0.116. The SMILES string of the molecule is COc1cc(C)c(C(C)NC(=O)C2CN(S(=O)(=O)c3ccccc3)c3cc(Cl)ccc3O2)cc1C(C)C. The van der Waals surface area contributed by atoms with Crippen LogP contribution in [0.2, 0.25) is 5.02 Å². The number of carbonyl (C=O) groups excluding carboxylic acids is 1. The predicted octanol–water partition coefficient (Wildman–Crippen LogP) is 5.61. The van der Waals surface area contributed by atoms with Gasteiger partial charge in [-0.05, 0) is 78.9 Å². The van der Waals surface area contributed by atoms with Crippen LogP contribution in [0, 0.1) is 6.92 Å². The van der Waals surface area contributed by atoms with Gasteiger partial charge in [-0.15, -0.1) is 0 Å². The van der Waals surface area contributed by atoms with E-state index in [1.54, 1.807) is 37.4 Å². The van der Waals surface area contributed by atoms with Crippen molar-refractivity contribution < 1.29 is 22.7 Å². The predicted molar refractivity (Wildman–Crippen MR) is 145 cm³/mol. The van der Waals surface area contributed by atoms with Crippen molar-refractivity contribution in [3.8, 4) is 11.5 Å². The van der Waals surface area contributed by atoms with Crippen molar-refractivity contribution in [2.45, 2.75) is 50.7 Å². The van der Waals surface area contributed by atoms with E-state index in [4.69, 9.17) is 21.1 Å². The average Bonchev–Trinajstić information content (AvgIpc) is 2.87. The van der Waals surface area contributed by atoms with E-state index in [1.807, 2.05) is 19.9 Å². The van der Waals surface area contributed by atoms with Crippen molar-refractivity contribution in [3.63, 3.8) is 0 Å². The first kappa shape index (κ1) is 26.8. The lowest BCUT2D eigenvalue weighted by molar-refractivity contribution is -0.128. The molecule has 0 saturated carbocycles. The van der Waals surface area contributed by atoms with E-state index in [1.165, 1.54) is 22.5 Å². The fraction of sp³-hybridized carbons (Fsp3) is 0.321. The molecule has 1 aliphatic heterocycles. The molecule has 7 nitrogen and oxygen atoms in total. The third kappa shape index (κ3) is 5.40. The number of anilines is 1. The second-order valence-corrected chi connectivity index (χ2v) is 11.7. The van der Waals surface area contributed by atoms with Crippen molar-refractivity contribution in [1.82, 2.24) is 5.32 Å². The summed E-state index contributed by atoms with van der Waals surface area (Å²) in [5.74, 6) is 0.898. The van der Waals surface area contributed by atoms with Gasteiger partial charge in [-0.2, -0.15) is 0 Å². The maximum atomic E-state index is 13.6. The minimum atomic E-state index is -3.97. The monoisotopic (exact) mass is 542 g/mol. The van der Waals surface area contributed by atoms with Crippen molar-refractivity contribution in [3.05, 3.63) is 82.4 Å². The molecule has 37 heavy (non-hydrogen) atoms. The largest absolute Gasteiger partial charge is 0.496 e. The van der Waals surface area contributed by atoms with Gasteiger partial charge in [0, 0.05) is 5.02 Å². The number of fused-ring (bicyclic) bond motifs is 1. The Bertz CT molecular complexity index is 1410. The van der Waals surface area contributed by atoms with Crippen LogP contribution >= 0.6 is 11.6 Å². The number of amides is 1. The van der Waals surface area contributed by atoms with E-state index in [2.05, 4.69) is 25.2 Å². The third-order valence-electron chi connectivity index (χ3n) is 6.48. The number of rotatable bonds is 7. The van der Waals surface area contributed by atoms with Crippen LogP contribution in [0.15, 0.2) is 65.6 Å². The van der Waals surface area contributed by atoms with Gasteiger partial charge in [-0.25, -0.2) is 8.42 Å². The van der Waals surface area contributed by atoms with Crippen LogP contribution < -0.4 is 19.1 Å². The van der Waals surface area contributed by atoms with Crippen molar-refractivity contribution >= 4 is 33.2 Å². The summed E-state index contributed by atoms with van der Waals surface area (Å²) >= 11 is 6.18. The molecule has 0 aliphatic carbocycles. The lowest BCUT2D eigenvalue weighted by Gasteiger charge is -2.35. The molecule has 2 atom stereocenters. The zero-order valence-corrected chi connectivity index (χ0v) is 23.1. The van der Waals surface area contributed by atoms with Gasteiger partial charge in [-0.3, -0.25) is 9.10 Å². The standard InChI is InChI=1S/C28H31ClN2O5S/c1-17(2)22-15-23(18(3)13-26(22)35-5)19(4)30-28(32)27-16-31(24-14-20(29)11-12-25(24)36-27)37(33,34)21-9-7-6-8-10-21/h6-15,17,19,27H,16H2,1-5H3,(H,30,32). The number of halogens is 1. The molecule has 1 N–H and O–H groups in total. The maximum Gasteiger partial charge on any atom is 0.264 e. The van der Waals surface area contributed by atoms with Gasteiger partial charge in [0.1, 0.15) is 11.5 Å². The normalized spacial score (nSPS) is 16.1. The number of methoxy groups -OCH3 is 1. The second-order valence-electron chi connectivity index (χ2n) is 9.40. The van der Waals surface area contributed by atoms with E-state index >= 15 is 0 Å². The molecule has 196 valence electrons. The van der Waals surface area contributed by atoms with Crippen LogP contribution in [0.1, 0.15) is 49.4 Å². The molecule has 3 aromatic carbocycles. The third-order valence-corrected chi connectivity index (χ3v) is 8.51. The lowest BCUT2D eigenvalue weighted by atomic mass is 9.93. The Morgan fingerprint density at radius 3 is 2.43 bits per heavy atom. The van der Waals surface area contributed by atoms with Crippen LogP contribution in [0.3, 0.4) is 0 Å². The summed E-state index contributed by atoms with van der Waals surface area (Å²) in [7, 11) is -2.32. The zero-order chi connectivity index (χ0) is 26.9. The van der Waals surface area contributed by atoms with Crippen molar-refractivity contribution in [2.75, 3.05) is 18.0 Å². The number of carbonyl (C=O) groups is 1. The smallest absolute Gasteiger partial charge is 0.264 e. The highest BCUT2D eigenvalue weighted by molar-refractivity contribution is 7.92. The summed E-state index contributed by atoms with van der Waals surface area (Å²) in [5, 5.41) is 3.38. The van der Waals surface area contributed by atoms with E-state index in [9.17, 15) is 13.2 Å². The van der Waals surface area contributed by atoms with E-state index in [0.717, 1.165) is 22.4 Å². The number of sulfonamides is 1. The molecular formula is C28H31ClN2O5S. The van der Waals surface area contributed by atoms with Gasteiger partial charge in [0.25, 0.3) is 15.9 Å². The molecule has 0 radical (unpaired) electrons. The highest BCUT2D eigenvalue weighted by atomic mass is 35.5. The first-order valence-electron chi connectivity index (χ1n) is 12.1. The van der Waals surface area contributed by atoms with E-state index < -0.39 is 22.0 Å². The number of hydrogen-bond donors (Lipinski definition) is 1. The average molecular weight is 543 g/mol. The topological polar surface area (TPSA) is 84.9 Å². The van der Waals surface area contributed by atoms with E-state index in [-0.39, 0.29) is 29.1 Å². The summed E-state index contributed by atoms with van der Waals surface area (Å²) in [6.45, 7) is 7.84. The summed E-state index contributed by atoms with van der Waals surface area (Å²) in [4.78, 5) is 13.5. The Morgan fingerprint density at radius 1 is 1.08 bits per heavy atom. The number of nitrogens with zero attached hydrogens (tertiary/aromatic N) is 1. The zero-order valence-electron chi connectivity index (χ0n) is 21.5. The van der Waals surface area contributed by atoms with Crippen LogP contribution in [0.5, 0.6) is 11.5 Å². The first-order valence-corrected chi connectivity index (χ1v) is 13.9. The quantitative estimate of drug-likeness (QED) is 0.419. The van der Waals surface area contributed by atoms with Gasteiger partial charge >= 0.3 is 0 Å². The van der Waals surface area contributed by atoms with Gasteiger partial charge in [0.2, 0.25) is 0 Å². The Labute approximate surface area is 223 Å². The Balaban J connectivity index is 1.64. The molecule has 0 fully saturated rings. The molecule has 3 aromatic rings. The van der Waals surface area contributed by atoms with Gasteiger partial charge in [0.05, 0.1) is 30.3 Å². The van der Waals surface area contributed by atoms with Crippen LogP contribution in [0.4, 0.5) is 5.69 Å². The second kappa shape index (κ2) is 10.6. The minimum Gasteiger partial charge on any atom is -0.496 e. The maximum absolute atomic E-state index is 13.6. The lowest BCUT2D eigenvalue weighted by Crippen LogP contribution is -2.51. The molecule has 9 heteroatoms. The summed E-state index contributed by atoms with van der Waals surface area (Å²) < 4.78 is 39.8. The molecule has 0 saturated heterocycles. The molecule has 4 rings (SSSR count). The Morgan fingerprint density at radius 2 is 1.78 bits per heavy atom. The Hall–Kier alpha value is -3.23. The molecule has 1 amide bonds. The number of benzene rings is 3. The molecule has 1 heterocycles. The molecular weight excluding hydrogens is 512 g/mol. The number of nitrogens with one attached hydrogen (secondary N) is 1. The fourth-order valence-electron chi connectivity index (χ4n) is 4.50. The number of ether oxygens (including phenoxy) is 2. The van der Waals surface area contributed by atoms with E-state index in [0.29, 0.717) is 10.7 Å². The fourth-order valence-corrected chi connectivity index (χ4v) is 6.16. The van der Waals surface area contributed by atoms with Crippen LogP contribution in [-0.2, 0) is 14.8 Å². The van der Waals surface area contributed by atoms with Crippen molar-refractivity contribution in [1.29, 1.82) is 0 Å². The van der Waals surface area contributed by atoms with Gasteiger partial charge in [-0.1, -0.05) is 43.6 Å². The number of hydrogen-bond acceptors (Lipinski definition) is 5. The summed E-state index contributed by atoms with van der Waals surface area (Å²) in [6.07, 6.45) is -1.06. The Kier molecular flexibility index (Phi) is 7.71. The molecule has 2 unspecified atom stereocenters. The van der Waals surface area contributed by atoms with Crippen LogP contribution in [-0.4, -0.2) is 34.1 Å². The van der Waals surface area contributed by atoms with Gasteiger partial charge < -0.3 is 14.8 Å².